The van der Waals surface area contributed by atoms with Crippen LogP contribution < -0.4 is 0 Å². The van der Waals surface area contributed by atoms with Crippen molar-refractivity contribution in [1.82, 2.24) is 4.90 Å². The third-order valence-electron chi connectivity index (χ3n) is 2.10. The molecule has 0 aromatic rings. The van der Waals surface area contributed by atoms with Gasteiger partial charge in [0.2, 0.25) is 0 Å². The average Bonchev–Trinajstić information content (AvgIpc) is 1.82. The fourth-order valence-corrected chi connectivity index (χ4v) is 0.852. The standard InChI is InChI=1S/C9H18F3N/c1-8(2,3)13(4)7-5-6-9(10,11)12/h5-7H2,1-4H3. The van der Waals surface area contributed by atoms with Gasteiger partial charge < -0.3 is 4.90 Å². The topological polar surface area (TPSA) is 3.24 Å². The molecule has 0 rings (SSSR count). The van der Waals surface area contributed by atoms with Crippen LogP contribution in [-0.2, 0) is 0 Å². The van der Waals surface area contributed by atoms with E-state index in [4.69, 9.17) is 0 Å². The Labute approximate surface area is 77.9 Å². The second-order valence-corrected chi connectivity index (χ2v) is 4.31. The third-order valence-corrected chi connectivity index (χ3v) is 2.10. The highest BCUT2D eigenvalue weighted by Gasteiger charge is 2.27. The molecule has 80 valence electrons. The predicted octanol–water partition coefficient (Wildman–Crippen LogP) is 3.06. The Kier molecular flexibility index (Phi) is 4.23. The smallest absolute Gasteiger partial charge is 0.302 e. The largest absolute Gasteiger partial charge is 0.389 e. The lowest BCUT2D eigenvalue weighted by molar-refractivity contribution is -0.136. The van der Waals surface area contributed by atoms with E-state index in [0.29, 0.717) is 6.54 Å². The van der Waals surface area contributed by atoms with E-state index in [1.807, 2.05) is 32.7 Å². The summed E-state index contributed by atoms with van der Waals surface area (Å²) in [5.41, 5.74) is -0.0500. The van der Waals surface area contributed by atoms with E-state index in [9.17, 15) is 13.2 Å². The molecule has 0 N–H and O–H groups in total. The van der Waals surface area contributed by atoms with E-state index >= 15 is 0 Å². The molecule has 0 aromatic carbocycles. The summed E-state index contributed by atoms with van der Waals surface area (Å²) in [6, 6.07) is 0. The van der Waals surface area contributed by atoms with Gasteiger partial charge in [0.15, 0.2) is 0 Å². The molecule has 13 heavy (non-hydrogen) atoms. The highest BCUT2D eigenvalue weighted by molar-refractivity contribution is 4.72. The van der Waals surface area contributed by atoms with Crippen LogP contribution in [0.25, 0.3) is 0 Å². The van der Waals surface area contributed by atoms with Crippen LogP contribution >= 0.6 is 0 Å². The monoisotopic (exact) mass is 197 g/mol. The lowest BCUT2D eigenvalue weighted by atomic mass is 10.1. The second kappa shape index (κ2) is 4.31. The minimum absolute atomic E-state index is 0.0500. The predicted molar refractivity (Wildman–Crippen MR) is 47.7 cm³/mol. The zero-order valence-electron chi connectivity index (χ0n) is 8.70. The molecule has 0 saturated carbocycles. The van der Waals surface area contributed by atoms with Gasteiger partial charge in [-0.15, -0.1) is 0 Å². The maximum atomic E-state index is 11.8. The average molecular weight is 197 g/mol. The molecule has 4 heteroatoms. The van der Waals surface area contributed by atoms with Crippen LogP contribution in [0.4, 0.5) is 13.2 Å². The first-order chi connectivity index (χ1) is 5.63. The lowest BCUT2D eigenvalue weighted by Crippen LogP contribution is -2.38. The molecule has 0 aromatic heterocycles. The van der Waals surface area contributed by atoms with E-state index in [-0.39, 0.29) is 12.0 Å². The molecule has 0 bridgehead atoms. The van der Waals surface area contributed by atoms with E-state index < -0.39 is 12.6 Å². The molecule has 0 unspecified atom stereocenters. The maximum absolute atomic E-state index is 11.8. The van der Waals surface area contributed by atoms with Crippen molar-refractivity contribution in [1.29, 1.82) is 0 Å². The van der Waals surface area contributed by atoms with Crippen LogP contribution in [0.2, 0.25) is 0 Å². The van der Waals surface area contributed by atoms with Crippen LogP contribution in [0.1, 0.15) is 33.6 Å². The van der Waals surface area contributed by atoms with E-state index in [2.05, 4.69) is 0 Å². The highest BCUT2D eigenvalue weighted by Crippen LogP contribution is 2.22. The zero-order chi connectivity index (χ0) is 10.7. The van der Waals surface area contributed by atoms with Crippen LogP contribution in [-0.4, -0.2) is 30.2 Å². The van der Waals surface area contributed by atoms with Crippen molar-refractivity contribution in [2.24, 2.45) is 0 Å². The Bertz CT molecular complexity index is 146. The van der Waals surface area contributed by atoms with Gasteiger partial charge in [0, 0.05) is 12.0 Å². The molecule has 0 radical (unpaired) electrons. The van der Waals surface area contributed by atoms with Crippen LogP contribution in [0.5, 0.6) is 0 Å². The fraction of sp³-hybridized carbons (Fsp3) is 1.00. The Morgan fingerprint density at radius 3 is 1.85 bits per heavy atom. The molecule has 0 spiro atoms. The van der Waals surface area contributed by atoms with Gasteiger partial charge in [-0.05, 0) is 40.8 Å². The molecule has 0 saturated heterocycles. The van der Waals surface area contributed by atoms with Crippen molar-refractivity contribution in [3.8, 4) is 0 Å². The molecule has 0 heterocycles. The Hall–Kier alpha value is -0.250. The van der Waals surface area contributed by atoms with Crippen molar-refractivity contribution >= 4 is 0 Å². The Morgan fingerprint density at radius 1 is 1.08 bits per heavy atom. The number of rotatable bonds is 3. The normalized spacial score (nSPS) is 13.8. The van der Waals surface area contributed by atoms with Gasteiger partial charge in [-0.1, -0.05) is 0 Å². The summed E-state index contributed by atoms with van der Waals surface area (Å²) < 4.78 is 35.4. The summed E-state index contributed by atoms with van der Waals surface area (Å²) in [6.07, 6.45) is -4.52. The van der Waals surface area contributed by atoms with Gasteiger partial charge in [0.25, 0.3) is 0 Å². The third kappa shape index (κ3) is 6.87. The van der Waals surface area contributed by atoms with Gasteiger partial charge in [-0.3, -0.25) is 0 Å². The molecule has 1 nitrogen and oxygen atoms in total. The Balaban J connectivity index is 3.67. The molecule has 0 fully saturated rings. The number of nitrogens with zero attached hydrogens (tertiary/aromatic N) is 1. The van der Waals surface area contributed by atoms with Crippen LogP contribution in [0, 0.1) is 0 Å². The lowest BCUT2D eigenvalue weighted by Gasteiger charge is -2.31. The van der Waals surface area contributed by atoms with Crippen molar-refractivity contribution in [2.75, 3.05) is 13.6 Å². The van der Waals surface area contributed by atoms with Crippen LogP contribution in [0.15, 0.2) is 0 Å². The zero-order valence-corrected chi connectivity index (χ0v) is 8.70. The van der Waals surface area contributed by atoms with Crippen molar-refractivity contribution in [2.45, 2.75) is 45.3 Å². The van der Waals surface area contributed by atoms with Crippen LogP contribution in [0.3, 0.4) is 0 Å². The maximum Gasteiger partial charge on any atom is 0.389 e. The first kappa shape index (κ1) is 12.8. The van der Waals surface area contributed by atoms with Gasteiger partial charge in [0.05, 0.1) is 0 Å². The number of alkyl halides is 3. The first-order valence-electron chi connectivity index (χ1n) is 4.41. The number of hydrogen-bond acceptors (Lipinski definition) is 1. The van der Waals surface area contributed by atoms with Crippen molar-refractivity contribution in [3.63, 3.8) is 0 Å². The highest BCUT2D eigenvalue weighted by atomic mass is 19.4. The summed E-state index contributed by atoms with van der Waals surface area (Å²) in [4.78, 5) is 1.93. The first-order valence-corrected chi connectivity index (χ1v) is 4.41. The molecule has 0 aliphatic carbocycles. The summed E-state index contributed by atoms with van der Waals surface area (Å²) in [7, 11) is 1.84. The van der Waals surface area contributed by atoms with E-state index in [1.54, 1.807) is 0 Å². The molecular weight excluding hydrogens is 179 g/mol. The minimum atomic E-state index is -4.02. The molecular formula is C9H18F3N. The van der Waals surface area contributed by atoms with E-state index in [0.717, 1.165) is 0 Å². The summed E-state index contributed by atoms with van der Waals surface area (Å²) >= 11 is 0. The van der Waals surface area contributed by atoms with Gasteiger partial charge in [-0.2, -0.15) is 13.2 Å². The number of hydrogen-bond donors (Lipinski definition) is 0. The van der Waals surface area contributed by atoms with Crippen molar-refractivity contribution < 1.29 is 13.2 Å². The van der Waals surface area contributed by atoms with Gasteiger partial charge in [-0.25, -0.2) is 0 Å². The molecule has 0 aliphatic rings. The Morgan fingerprint density at radius 2 is 1.54 bits per heavy atom. The molecule has 0 amide bonds. The van der Waals surface area contributed by atoms with Gasteiger partial charge in [0.1, 0.15) is 0 Å². The minimum Gasteiger partial charge on any atom is -0.302 e. The second-order valence-electron chi connectivity index (χ2n) is 4.31. The van der Waals surface area contributed by atoms with E-state index in [1.165, 1.54) is 0 Å². The summed E-state index contributed by atoms with van der Waals surface area (Å²) in [5.74, 6) is 0. The molecule has 0 atom stereocenters. The quantitative estimate of drug-likeness (QED) is 0.672. The fourth-order valence-electron chi connectivity index (χ4n) is 0.852. The summed E-state index contributed by atoms with van der Waals surface area (Å²) in [6.45, 7) is 6.45. The number of halogens is 3. The molecule has 0 aliphatic heterocycles. The SMILES string of the molecule is CN(CCCC(F)(F)F)C(C)(C)C. The van der Waals surface area contributed by atoms with Crippen molar-refractivity contribution in [3.05, 3.63) is 0 Å². The summed E-state index contributed by atoms with van der Waals surface area (Å²) in [5, 5.41) is 0. The van der Waals surface area contributed by atoms with Gasteiger partial charge >= 0.3 is 6.18 Å².